The van der Waals surface area contributed by atoms with E-state index in [0.717, 1.165) is 11.3 Å². The molecule has 75 valence electrons. The van der Waals surface area contributed by atoms with E-state index in [1.54, 1.807) is 0 Å². The number of hydrogen-bond acceptors (Lipinski definition) is 1. The molecular formula is C13H17O. The number of ether oxygens (including phenoxy) is 1. The topological polar surface area (TPSA) is 9.23 Å². The van der Waals surface area contributed by atoms with Crippen LogP contribution < -0.4 is 4.74 Å². The van der Waals surface area contributed by atoms with Crippen LogP contribution in [0.1, 0.15) is 24.0 Å². The van der Waals surface area contributed by atoms with Gasteiger partial charge in [0.05, 0.1) is 6.61 Å². The van der Waals surface area contributed by atoms with Gasteiger partial charge >= 0.3 is 0 Å². The Kier molecular flexibility index (Phi) is 3.75. The third-order valence-electron chi connectivity index (χ3n) is 2.15. The summed E-state index contributed by atoms with van der Waals surface area (Å²) in [6.45, 7) is 12.5. The molecule has 1 atom stereocenters. The van der Waals surface area contributed by atoms with Crippen LogP contribution in [0.15, 0.2) is 30.9 Å². The van der Waals surface area contributed by atoms with Gasteiger partial charge in [0.25, 0.3) is 0 Å². The van der Waals surface area contributed by atoms with Crippen LogP contribution in [0.5, 0.6) is 5.75 Å². The van der Waals surface area contributed by atoms with Crippen molar-refractivity contribution in [2.45, 2.75) is 19.8 Å². The molecule has 0 N–H and O–H groups in total. The Morgan fingerprint density at radius 1 is 1.50 bits per heavy atom. The lowest BCUT2D eigenvalue weighted by Crippen LogP contribution is -1.99. The first-order chi connectivity index (χ1) is 6.69. The molecule has 1 aromatic rings. The normalized spacial score (nSPS) is 12.2. The van der Waals surface area contributed by atoms with E-state index >= 15 is 0 Å². The number of benzene rings is 1. The van der Waals surface area contributed by atoms with Gasteiger partial charge in [-0.25, -0.2) is 0 Å². The zero-order valence-electron chi connectivity index (χ0n) is 8.92. The minimum absolute atomic E-state index is 0.0939. The molecule has 1 unspecified atom stereocenters. The average Bonchev–Trinajstić information content (AvgIpc) is 2.20. The van der Waals surface area contributed by atoms with Crippen LogP contribution in [0.25, 0.3) is 0 Å². The molecular weight excluding hydrogens is 172 g/mol. The molecule has 14 heavy (non-hydrogen) atoms. The van der Waals surface area contributed by atoms with Gasteiger partial charge in [0.15, 0.2) is 0 Å². The largest absolute Gasteiger partial charge is 0.494 e. The van der Waals surface area contributed by atoms with Crippen molar-refractivity contribution in [2.24, 2.45) is 0 Å². The standard InChI is InChI=1S/C13H17O/c1-5-11(4)12-9-10(3)7-8-13(12)14-6-2/h5,7-9,11H,1,4,6H2,2-3H3. The van der Waals surface area contributed by atoms with E-state index in [1.165, 1.54) is 5.56 Å². The maximum Gasteiger partial charge on any atom is 0.123 e. The van der Waals surface area contributed by atoms with Crippen LogP contribution in [0.3, 0.4) is 0 Å². The van der Waals surface area contributed by atoms with Crippen molar-refractivity contribution in [3.8, 4) is 5.75 Å². The molecule has 1 nitrogen and oxygen atoms in total. The van der Waals surface area contributed by atoms with Crippen LogP contribution in [-0.2, 0) is 0 Å². The quantitative estimate of drug-likeness (QED) is 0.659. The zero-order valence-corrected chi connectivity index (χ0v) is 8.92. The van der Waals surface area contributed by atoms with Crippen molar-refractivity contribution in [1.29, 1.82) is 0 Å². The number of rotatable bonds is 4. The second-order valence-corrected chi connectivity index (χ2v) is 3.32. The summed E-state index contributed by atoms with van der Waals surface area (Å²) >= 11 is 0. The maximum atomic E-state index is 5.53. The summed E-state index contributed by atoms with van der Waals surface area (Å²) in [5.74, 6) is 1.01. The third-order valence-corrected chi connectivity index (χ3v) is 2.15. The third kappa shape index (κ3) is 2.38. The monoisotopic (exact) mass is 189 g/mol. The summed E-state index contributed by atoms with van der Waals surface area (Å²) in [5, 5.41) is 0. The number of aryl methyl sites for hydroxylation is 1. The van der Waals surface area contributed by atoms with Gasteiger partial charge in [-0.3, -0.25) is 0 Å². The molecule has 0 fully saturated rings. The Labute approximate surface area is 86.4 Å². The van der Waals surface area contributed by atoms with E-state index in [4.69, 9.17) is 4.74 Å². The highest BCUT2D eigenvalue weighted by molar-refractivity contribution is 5.41. The lowest BCUT2D eigenvalue weighted by atomic mass is 9.98. The van der Waals surface area contributed by atoms with Gasteiger partial charge in [-0.2, -0.15) is 0 Å². The van der Waals surface area contributed by atoms with Gasteiger partial charge < -0.3 is 4.74 Å². The van der Waals surface area contributed by atoms with E-state index in [-0.39, 0.29) is 5.92 Å². The fourth-order valence-electron chi connectivity index (χ4n) is 1.37. The van der Waals surface area contributed by atoms with Crippen molar-refractivity contribution in [2.75, 3.05) is 6.61 Å². The van der Waals surface area contributed by atoms with Gasteiger partial charge in [0, 0.05) is 11.5 Å². The summed E-state index contributed by atoms with van der Waals surface area (Å²) in [7, 11) is 0. The average molecular weight is 189 g/mol. The molecule has 1 rings (SSSR count). The van der Waals surface area contributed by atoms with Gasteiger partial charge in [-0.05, 0) is 26.8 Å². The fourth-order valence-corrected chi connectivity index (χ4v) is 1.37. The smallest absolute Gasteiger partial charge is 0.123 e. The summed E-state index contributed by atoms with van der Waals surface area (Å²) in [5.41, 5.74) is 2.33. The van der Waals surface area contributed by atoms with E-state index in [2.05, 4.69) is 26.5 Å². The molecule has 0 saturated carbocycles. The summed E-state index contributed by atoms with van der Waals surface area (Å²) in [6, 6.07) is 6.14. The molecule has 0 aromatic heterocycles. The number of hydrogen-bond donors (Lipinski definition) is 0. The Morgan fingerprint density at radius 2 is 2.21 bits per heavy atom. The van der Waals surface area contributed by atoms with Crippen molar-refractivity contribution in [3.05, 3.63) is 48.9 Å². The predicted octanol–water partition coefficient (Wildman–Crippen LogP) is 3.50. The van der Waals surface area contributed by atoms with Crippen LogP contribution in [0.4, 0.5) is 0 Å². The first kappa shape index (κ1) is 10.8. The summed E-state index contributed by atoms with van der Waals surface area (Å²) in [4.78, 5) is 0. The predicted molar refractivity (Wildman–Crippen MR) is 60.6 cm³/mol. The Balaban J connectivity index is 3.08. The maximum absolute atomic E-state index is 5.53. The van der Waals surface area contributed by atoms with Gasteiger partial charge in [-0.1, -0.05) is 23.8 Å². The van der Waals surface area contributed by atoms with Crippen molar-refractivity contribution in [3.63, 3.8) is 0 Å². The van der Waals surface area contributed by atoms with Crippen LogP contribution in [-0.4, -0.2) is 6.61 Å². The van der Waals surface area contributed by atoms with Crippen molar-refractivity contribution in [1.82, 2.24) is 0 Å². The molecule has 1 heteroatoms. The SMILES string of the molecule is [CH2]C(C=C)c1cc(C)ccc1OCC. The second kappa shape index (κ2) is 4.85. The lowest BCUT2D eigenvalue weighted by Gasteiger charge is -2.14. The molecule has 0 saturated heterocycles. The highest BCUT2D eigenvalue weighted by atomic mass is 16.5. The molecule has 0 aliphatic rings. The van der Waals surface area contributed by atoms with Crippen LogP contribution in [0, 0.1) is 13.8 Å². The Morgan fingerprint density at radius 3 is 2.79 bits per heavy atom. The summed E-state index contributed by atoms with van der Waals surface area (Å²) in [6.07, 6.45) is 1.83. The van der Waals surface area contributed by atoms with Crippen molar-refractivity contribution < 1.29 is 4.74 Å². The van der Waals surface area contributed by atoms with Gasteiger partial charge in [0.1, 0.15) is 5.75 Å². The first-order valence-electron chi connectivity index (χ1n) is 4.88. The molecule has 1 aromatic carbocycles. The van der Waals surface area contributed by atoms with E-state index in [0.29, 0.717) is 6.61 Å². The molecule has 0 aliphatic heterocycles. The first-order valence-corrected chi connectivity index (χ1v) is 4.88. The molecule has 0 bridgehead atoms. The molecule has 0 amide bonds. The van der Waals surface area contributed by atoms with Gasteiger partial charge in [0.2, 0.25) is 0 Å². The summed E-state index contributed by atoms with van der Waals surface area (Å²) < 4.78 is 5.53. The molecule has 0 heterocycles. The van der Waals surface area contributed by atoms with E-state index in [9.17, 15) is 0 Å². The van der Waals surface area contributed by atoms with Crippen LogP contribution in [0.2, 0.25) is 0 Å². The Bertz CT molecular complexity index is 315. The molecule has 1 radical (unpaired) electrons. The minimum Gasteiger partial charge on any atom is -0.494 e. The highest BCUT2D eigenvalue weighted by Gasteiger charge is 2.08. The van der Waals surface area contributed by atoms with Gasteiger partial charge in [-0.15, -0.1) is 6.58 Å². The molecule has 0 aliphatic carbocycles. The fraction of sp³-hybridized carbons (Fsp3) is 0.308. The molecule has 0 spiro atoms. The van der Waals surface area contributed by atoms with E-state index < -0.39 is 0 Å². The van der Waals surface area contributed by atoms with E-state index in [1.807, 2.05) is 25.1 Å². The van der Waals surface area contributed by atoms with Crippen molar-refractivity contribution >= 4 is 0 Å². The zero-order chi connectivity index (χ0) is 10.6. The minimum atomic E-state index is 0.0939. The van der Waals surface area contributed by atoms with Crippen LogP contribution >= 0.6 is 0 Å². The second-order valence-electron chi connectivity index (χ2n) is 3.32. The highest BCUT2D eigenvalue weighted by Crippen LogP contribution is 2.28. The number of allylic oxidation sites excluding steroid dienone is 1. The lowest BCUT2D eigenvalue weighted by molar-refractivity contribution is 0.336. The Hall–Kier alpha value is -1.24.